The summed E-state index contributed by atoms with van der Waals surface area (Å²) in [6.07, 6.45) is 7.43. The van der Waals surface area contributed by atoms with Crippen molar-refractivity contribution < 1.29 is 24.1 Å². The van der Waals surface area contributed by atoms with Gasteiger partial charge >= 0.3 is 5.97 Å². The van der Waals surface area contributed by atoms with Gasteiger partial charge in [-0.1, -0.05) is 49.8 Å². The van der Waals surface area contributed by atoms with Gasteiger partial charge in [0.1, 0.15) is 0 Å². The Morgan fingerprint density at radius 1 is 1.29 bits per heavy atom. The fraction of sp³-hybridized carbons (Fsp3) is 0.591. The summed E-state index contributed by atoms with van der Waals surface area (Å²) in [5, 5.41) is 18.7. The van der Waals surface area contributed by atoms with Crippen LogP contribution in [0.4, 0.5) is 0 Å². The van der Waals surface area contributed by atoms with Gasteiger partial charge in [0.25, 0.3) is 0 Å². The molecule has 0 heterocycles. The van der Waals surface area contributed by atoms with Gasteiger partial charge in [0, 0.05) is 12.9 Å². The van der Waals surface area contributed by atoms with Crippen LogP contribution in [0.3, 0.4) is 0 Å². The topological polar surface area (TPSA) is 83.8 Å². The first kappa shape index (κ1) is 22.9. The zero-order valence-corrected chi connectivity index (χ0v) is 18.1. The SMILES string of the molecule is COP(=O)(/C=C/c1c(C)cc(C)cc1CC1CCCCC1)CC(O)CC(=O)O. The number of aliphatic hydroxyl groups is 1. The van der Waals surface area contributed by atoms with Crippen molar-refractivity contribution in [1.29, 1.82) is 0 Å². The molecule has 1 aromatic rings. The first-order chi connectivity index (χ1) is 13.2. The van der Waals surface area contributed by atoms with E-state index in [0.29, 0.717) is 5.92 Å². The fourth-order valence-corrected chi connectivity index (χ4v) is 5.61. The third-order valence-electron chi connectivity index (χ3n) is 5.50. The Bertz CT molecular complexity index is 750. The van der Waals surface area contributed by atoms with Gasteiger partial charge in [-0.05, 0) is 49.0 Å². The number of carboxylic acid groups (broad SMARTS) is 1. The molecule has 0 bridgehead atoms. The number of benzene rings is 1. The van der Waals surface area contributed by atoms with Gasteiger partial charge in [0.2, 0.25) is 7.37 Å². The maximum Gasteiger partial charge on any atom is 0.305 e. The molecular formula is C22H33O5P. The first-order valence-electron chi connectivity index (χ1n) is 10.1. The number of carbonyl (C=O) groups is 1. The lowest BCUT2D eigenvalue weighted by atomic mass is 9.83. The van der Waals surface area contributed by atoms with Crippen LogP contribution in [0.1, 0.15) is 60.8 Å². The molecule has 1 saturated carbocycles. The minimum absolute atomic E-state index is 0.199. The average molecular weight is 408 g/mol. The number of hydrogen-bond donors (Lipinski definition) is 2. The fourth-order valence-electron chi connectivity index (χ4n) is 4.12. The van der Waals surface area contributed by atoms with Gasteiger partial charge < -0.3 is 14.7 Å². The molecule has 1 aliphatic carbocycles. The largest absolute Gasteiger partial charge is 0.481 e. The predicted molar refractivity (Wildman–Crippen MR) is 113 cm³/mol. The van der Waals surface area contributed by atoms with E-state index in [0.717, 1.165) is 17.5 Å². The van der Waals surface area contributed by atoms with Gasteiger partial charge in [0.05, 0.1) is 18.7 Å². The number of hydrogen-bond acceptors (Lipinski definition) is 4. The second-order valence-corrected chi connectivity index (χ2v) is 10.5. The second kappa shape index (κ2) is 10.4. The normalized spacial score (nSPS) is 18.9. The molecule has 0 saturated heterocycles. The molecule has 0 aliphatic heterocycles. The van der Waals surface area contributed by atoms with E-state index in [1.165, 1.54) is 56.2 Å². The highest BCUT2D eigenvalue weighted by atomic mass is 31.2. The van der Waals surface area contributed by atoms with Crippen LogP contribution in [0.25, 0.3) is 6.08 Å². The summed E-state index contributed by atoms with van der Waals surface area (Å²) in [6.45, 7) is 4.14. The zero-order chi connectivity index (χ0) is 20.7. The monoisotopic (exact) mass is 408 g/mol. The minimum Gasteiger partial charge on any atom is -0.481 e. The second-order valence-electron chi connectivity index (χ2n) is 8.02. The lowest BCUT2D eigenvalue weighted by molar-refractivity contribution is -0.138. The molecule has 28 heavy (non-hydrogen) atoms. The standard InChI is InChI=1S/C22H33O5P/c1-16-11-17(2)21(19(12-16)13-18-7-5-4-6-8-18)9-10-28(26,27-3)15-20(23)14-22(24)25/h9-12,18,20,23H,4-8,13-15H2,1-3H3,(H,24,25)/b10-9+. The summed E-state index contributed by atoms with van der Waals surface area (Å²) in [6, 6.07) is 4.32. The molecule has 1 aromatic carbocycles. The summed E-state index contributed by atoms with van der Waals surface area (Å²) in [7, 11) is -1.93. The lowest BCUT2D eigenvalue weighted by Gasteiger charge is -2.23. The molecule has 156 valence electrons. The van der Waals surface area contributed by atoms with Gasteiger partial charge in [-0.25, -0.2) is 0 Å². The van der Waals surface area contributed by atoms with E-state index in [9.17, 15) is 14.5 Å². The molecule has 2 N–H and O–H groups in total. The highest BCUT2D eigenvalue weighted by Gasteiger charge is 2.25. The van der Waals surface area contributed by atoms with E-state index in [1.54, 1.807) is 0 Å². The van der Waals surface area contributed by atoms with E-state index in [-0.39, 0.29) is 6.16 Å². The molecule has 0 radical (unpaired) electrons. The number of rotatable bonds is 9. The number of aliphatic carboxylic acids is 1. The van der Waals surface area contributed by atoms with Crippen LogP contribution in [0.2, 0.25) is 0 Å². The van der Waals surface area contributed by atoms with Crippen molar-refractivity contribution in [3.8, 4) is 0 Å². The molecule has 5 nitrogen and oxygen atoms in total. The maximum atomic E-state index is 13.0. The van der Waals surface area contributed by atoms with Crippen LogP contribution in [0.5, 0.6) is 0 Å². The molecule has 1 fully saturated rings. The molecule has 2 atom stereocenters. The van der Waals surface area contributed by atoms with Crippen molar-refractivity contribution >= 4 is 19.4 Å². The van der Waals surface area contributed by atoms with E-state index in [1.807, 2.05) is 13.0 Å². The van der Waals surface area contributed by atoms with Crippen molar-refractivity contribution in [2.75, 3.05) is 13.3 Å². The summed E-state index contributed by atoms with van der Waals surface area (Å²) in [5.74, 6) is 1.09. The molecule has 0 spiro atoms. The number of aryl methyl sites for hydroxylation is 2. The molecule has 0 amide bonds. The Balaban J connectivity index is 2.24. The van der Waals surface area contributed by atoms with E-state index in [4.69, 9.17) is 9.63 Å². The molecule has 2 rings (SSSR count). The maximum absolute atomic E-state index is 13.0. The third-order valence-corrected chi connectivity index (χ3v) is 7.65. The first-order valence-corrected chi connectivity index (χ1v) is 11.9. The Morgan fingerprint density at radius 3 is 2.57 bits per heavy atom. The van der Waals surface area contributed by atoms with E-state index < -0.39 is 25.9 Å². The quantitative estimate of drug-likeness (QED) is 0.552. The van der Waals surface area contributed by atoms with E-state index >= 15 is 0 Å². The van der Waals surface area contributed by atoms with Crippen molar-refractivity contribution in [2.45, 2.75) is 64.9 Å². The number of carboxylic acids is 1. The Labute approximate surface area is 168 Å². The Morgan fingerprint density at radius 2 is 1.96 bits per heavy atom. The molecular weight excluding hydrogens is 375 g/mol. The third kappa shape index (κ3) is 6.88. The van der Waals surface area contributed by atoms with Crippen molar-refractivity contribution in [2.24, 2.45) is 5.92 Å². The van der Waals surface area contributed by atoms with Gasteiger partial charge in [-0.15, -0.1) is 0 Å². The van der Waals surface area contributed by atoms with Crippen molar-refractivity contribution in [3.63, 3.8) is 0 Å². The lowest BCUT2D eigenvalue weighted by Crippen LogP contribution is -2.17. The van der Waals surface area contributed by atoms with Crippen LogP contribution in [-0.4, -0.2) is 35.6 Å². The predicted octanol–water partition coefficient (Wildman–Crippen LogP) is 5.16. The zero-order valence-electron chi connectivity index (χ0n) is 17.2. The van der Waals surface area contributed by atoms with Crippen molar-refractivity contribution in [1.82, 2.24) is 0 Å². The van der Waals surface area contributed by atoms with Crippen LogP contribution in [0.15, 0.2) is 17.9 Å². The van der Waals surface area contributed by atoms with Crippen LogP contribution in [-0.2, 0) is 20.3 Å². The van der Waals surface area contributed by atoms with Crippen LogP contribution < -0.4 is 0 Å². The number of aliphatic hydroxyl groups excluding tert-OH is 1. The van der Waals surface area contributed by atoms with Gasteiger partial charge in [0.15, 0.2) is 0 Å². The van der Waals surface area contributed by atoms with E-state index in [2.05, 4.69) is 19.1 Å². The van der Waals surface area contributed by atoms with Gasteiger partial charge in [-0.2, -0.15) is 0 Å². The Hall–Kier alpha value is -1.42. The summed E-state index contributed by atoms with van der Waals surface area (Å²) >= 11 is 0. The summed E-state index contributed by atoms with van der Waals surface area (Å²) in [4.78, 5) is 10.8. The molecule has 6 heteroatoms. The highest BCUT2D eigenvalue weighted by molar-refractivity contribution is 7.62. The molecule has 1 aliphatic rings. The Kier molecular flexibility index (Phi) is 8.48. The smallest absolute Gasteiger partial charge is 0.305 e. The minimum atomic E-state index is -3.27. The summed E-state index contributed by atoms with van der Waals surface area (Å²) in [5.41, 5.74) is 4.65. The van der Waals surface area contributed by atoms with Crippen molar-refractivity contribution in [3.05, 3.63) is 40.2 Å². The van der Waals surface area contributed by atoms with Crippen LogP contribution in [0, 0.1) is 19.8 Å². The van der Waals surface area contributed by atoms with Gasteiger partial charge in [-0.3, -0.25) is 9.36 Å². The summed E-state index contributed by atoms with van der Waals surface area (Å²) < 4.78 is 18.1. The average Bonchev–Trinajstić information content (AvgIpc) is 2.61. The molecule has 2 unspecified atom stereocenters. The van der Waals surface area contributed by atoms with Crippen LogP contribution >= 0.6 is 7.37 Å². The molecule has 0 aromatic heterocycles. The highest BCUT2D eigenvalue weighted by Crippen LogP contribution is 2.49.